The molecule has 0 spiro atoms. The van der Waals surface area contributed by atoms with Crippen LogP contribution in [0.4, 0.5) is 0 Å². The van der Waals surface area contributed by atoms with Gasteiger partial charge in [0.2, 0.25) is 11.8 Å². The summed E-state index contributed by atoms with van der Waals surface area (Å²) in [6, 6.07) is 10.4. The Morgan fingerprint density at radius 1 is 0.857 bits per heavy atom. The highest BCUT2D eigenvalue weighted by Crippen LogP contribution is 2.36. The number of hydrogen-bond donors (Lipinski definition) is 0. The molecule has 1 aromatic carbocycles. The first kappa shape index (κ1) is 19.2. The third kappa shape index (κ3) is 4.31. The Morgan fingerprint density at radius 2 is 1.57 bits per heavy atom. The molecule has 2 saturated heterocycles. The van der Waals surface area contributed by atoms with Gasteiger partial charge in [-0.2, -0.15) is 0 Å². The molecule has 150 valence electrons. The van der Waals surface area contributed by atoms with Gasteiger partial charge in [-0.25, -0.2) is 0 Å². The molecule has 0 N–H and O–H groups in total. The quantitative estimate of drug-likeness (QED) is 0.740. The summed E-state index contributed by atoms with van der Waals surface area (Å²) in [5, 5.41) is 0. The van der Waals surface area contributed by atoms with E-state index in [-0.39, 0.29) is 11.8 Å². The minimum Gasteiger partial charge on any atom is -0.339 e. The predicted octanol–water partition coefficient (Wildman–Crippen LogP) is 4.12. The number of carbonyl (C=O) groups excluding carboxylic acids is 2. The van der Waals surface area contributed by atoms with Gasteiger partial charge in [0.25, 0.3) is 0 Å². The van der Waals surface area contributed by atoms with Crippen LogP contribution in [-0.4, -0.2) is 47.3 Å². The third-order valence-corrected chi connectivity index (χ3v) is 6.90. The SMILES string of the molecule is O=C(/C=C/c1ccccc1)N1CCC(C(=O)N2CCC[C@@H]3CCCC[C@H]32)CC1. The van der Waals surface area contributed by atoms with Crippen molar-refractivity contribution in [2.75, 3.05) is 19.6 Å². The largest absolute Gasteiger partial charge is 0.339 e. The lowest BCUT2D eigenvalue weighted by Crippen LogP contribution is -2.53. The maximum Gasteiger partial charge on any atom is 0.246 e. The second-order valence-corrected chi connectivity index (χ2v) is 8.63. The van der Waals surface area contributed by atoms with Gasteiger partial charge >= 0.3 is 0 Å². The monoisotopic (exact) mass is 380 g/mol. The van der Waals surface area contributed by atoms with Crippen molar-refractivity contribution >= 4 is 17.9 Å². The summed E-state index contributed by atoms with van der Waals surface area (Å²) in [5.41, 5.74) is 1.04. The molecule has 1 saturated carbocycles. The molecule has 2 amide bonds. The van der Waals surface area contributed by atoms with Crippen LogP contribution in [0.2, 0.25) is 0 Å². The Labute approximate surface area is 168 Å². The standard InChI is InChI=1S/C24H32N2O2/c27-23(13-12-19-7-2-1-3-8-19)25-17-14-21(15-18-25)24(28)26-16-6-10-20-9-4-5-11-22(20)26/h1-3,7-8,12-13,20-22H,4-6,9-11,14-18H2/b13-12+/t20-,22+/m0/s1. The smallest absolute Gasteiger partial charge is 0.246 e. The molecule has 2 atom stereocenters. The van der Waals surface area contributed by atoms with Crippen LogP contribution in [0.15, 0.2) is 36.4 Å². The number of hydrogen-bond acceptors (Lipinski definition) is 2. The van der Waals surface area contributed by atoms with Crippen LogP contribution in [-0.2, 0) is 9.59 Å². The molecule has 2 aliphatic heterocycles. The first-order valence-electron chi connectivity index (χ1n) is 11.0. The van der Waals surface area contributed by atoms with Gasteiger partial charge in [-0.05, 0) is 56.1 Å². The van der Waals surface area contributed by atoms with Gasteiger partial charge < -0.3 is 9.80 Å². The van der Waals surface area contributed by atoms with Gasteiger partial charge in [-0.3, -0.25) is 9.59 Å². The van der Waals surface area contributed by atoms with Crippen molar-refractivity contribution in [3.63, 3.8) is 0 Å². The number of fused-ring (bicyclic) bond motifs is 1. The van der Waals surface area contributed by atoms with Crippen molar-refractivity contribution in [1.29, 1.82) is 0 Å². The van der Waals surface area contributed by atoms with Crippen molar-refractivity contribution in [3.05, 3.63) is 42.0 Å². The zero-order chi connectivity index (χ0) is 19.3. The van der Waals surface area contributed by atoms with E-state index in [1.807, 2.05) is 41.3 Å². The lowest BCUT2D eigenvalue weighted by molar-refractivity contribution is -0.145. The second kappa shape index (κ2) is 8.93. The zero-order valence-corrected chi connectivity index (χ0v) is 16.8. The average Bonchev–Trinajstić information content (AvgIpc) is 2.77. The molecule has 3 fully saturated rings. The fourth-order valence-electron chi connectivity index (χ4n) is 5.32. The summed E-state index contributed by atoms with van der Waals surface area (Å²) < 4.78 is 0. The number of benzene rings is 1. The molecule has 1 aromatic rings. The second-order valence-electron chi connectivity index (χ2n) is 8.63. The highest BCUT2D eigenvalue weighted by molar-refractivity contribution is 5.92. The molecule has 4 nitrogen and oxygen atoms in total. The number of nitrogens with zero attached hydrogens (tertiary/aromatic N) is 2. The minimum atomic E-state index is 0.0556. The van der Waals surface area contributed by atoms with E-state index in [2.05, 4.69) is 4.90 Å². The summed E-state index contributed by atoms with van der Waals surface area (Å²) in [6.07, 6.45) is 12.7. The van der Waals surface area contributed by atoms with E-state index in [9.17, 15) is 9.59 Å². The molecule has 4 rings (SSSR count). The van der Waals surface area contributed by atoms with Crippen LogP contribution in [0.1, 0.15) is 56.9 Å². The van der Waals surface area contributed by atoms with Crippen LogP contribution < -0.4 is 0 Å². The Bertz CT molecular complexity index is 705. The number of carbonyl (C=O) groups is 2. The van der Waals surface area contributed by atoms with Gasteiger partial charge in [0.05, 0.1) is 0 Å². The fraction of sp³-hybridized carbons (Fsp3) is 0.583. The number of amides is 2. The first-order chi connectivity index (χ1) is 13.7. The van der Waals surface area contributed by atoms with Gasteiger partial charge in [0.1, 0.15) is 0 Å². The maximum atomic E-state index is 13.2. The Balaban J connectivity index is 1.30. The molecule has 4 heteroatoms. The zero-order valence-electron chi connectivity index (χ0n) is 16.8. The third-order valence-electron chi connectivity index (χ3n) is 6.90. The first-order valence-corrected chi connectivity index (χ1v) is 11.0. The van der Waals surface area contributed by atoms with Crippen molar-refractivity contribution in [1.82, 2.24) is 9.80 Å². The van der Waals surface area contributed by atoms with Crippen LogP contribution in [0.25, 0.3) is 6.08 Å². The van der Waals surface area contributed by atoms with Gasteiger partial charge in [-0.1, -0.05) is 43.2 Å². The topological polar surface area (TPSA) is 40.6 Å². The van der Waals surface area contributed by atoms with E-state index >= 15 is 0 Å². The number of piperidine rings is 2. The molecule has 0 unspecified atom stereocenters. The summed E-state index contributed by atoms with van der Waals surface area (Å²) in [6.45, 7) is 2.32. The normalized spacial score (nSPS) is 26.3. The van der Waals surface area contributed by atoms with E-state index in [0.29, 0.717) is 25.0 Å². The lowest BCUT2D eigenvalue weighted by atomic mass is 9.77. The highest BCUT2D eigenvalue weighted by Gasteiger charge is 2.38. The molecular weight excluding hydrogens is 348 g/mol. The molecule has 0 radical (unpaired) electrons. The Morgan fingerprint density at radius 3 is 2.36 bits per heavy atom. The molecule has 0 bridgehead atoms. The van der Waals surface area contributed by atoms with Gasteiger partial charge in [0, 0.05) is 37.7 Å². The average molecular weight is 381 g/mol. The van der Waals surface area contributed by atoms with Crippen molar-refractivity contribution < 1.29 is 9.59 Å². The summed E-state index contributed by atoms with van der Waals surface area (Å²) >= 11 is 0. The Kier molecular flexibility index (Phi) is 6.13. The highest BCUT2D eigenvalue weighted by atomic mass is 16.2. The van der Waals surface area contributed by atoms with Gasteiger partial charge in [-0.15, -0.1) is 0 Å². The van der Waals surface area contributed by atoms with E-state index in [1.165, 1.54) is 32.1 Å². The van der Waals surface area contributed by atoms with Crippen molar-refractivity contribution in [2.45, 2.75) is 57.4 Å². The van der Waals surface area contributed by atoms with Crippen LogP contribution in [0.5, 0.6) is 0 Å². The summed E-state index contributed by atoms with van der Waals surface area (Å²) in [5.74, 6) is 1.25. The molecule has 28 heavy (non-hydrogen) atoms. The van der Waals surface area contributed by atoms with Crippen LogP contribution in [0, 0.1) is 11.8 Å². The van der Waals surface area contributed by atoms with Crippen molar-refractivity contribution in [2.24, 2.45) is 11.8 Å². The molecular formula is C24H32N2O2. The van der Waals surface area contributed by atoms with E-state index in [0.717, 1.165) is 37.3 Å². The Hall–Kier alpha value is -2.10. The minimum absolute atomic E-state index is 0.0556. The van der Waals surface area contributed by atoms with Crippen LogP contribution >= 0.6 is 0 Å². The molecule has 1 aliphatic carbocycles. The predicted molar refractivity (Wildman–Crippen MR) is 111 cm³/mol. The van der Waals surface area contributed by atoms with Crippen molar-refractivity contribution in [3.8, 4) is 0 Å². The number of likely N-dealkylation sites (tertiary alicyclic amines) is 2. The van der Waals surface area contributed by atoms with E-state index < -0.39 is 0 Å². The van der Waals surface area contributed by atoms with Crippen LogP contribution in [0.3, 0.4) is 0 Å². The lowest BCUT2D eigenvalue weighted by Gasteiger charge is -2.46. The summed E-state index contributed by atoms with van der Waals surface area (Å²) in [4.78, 5) is 29.8. The molecule has 0 aromatic heterocycles. The van der Waals surface area contributed by atoms with Gasteiger partial charge in [0.15, 0.2) is 0 Å². The van der Waals surface area contributed by atoms with E-state index in [4.69, 9.17) is 0 Å². The molecule has 2 heterocycles. The maximum absolute atomic E-state index is 13.2. The van der Waals surface area contributed by atoms with E-state index in [1.54, 1.807) is 6.08 Å². The summed E-state index contributed by atoms with van der Waals surface area (Å²) in [7, 11) is 0. The fourth-order valence-corrected chi connectivity index (χ4v) is 5.32. The molecule has 3 aliphatic rings. The number of rotatable bonds is 3.